The second kappa shape index (κ2) is 9.47. The van der Waals surface area contributed by atoms with E-state index in [0.717, 1.165) is 10.6 Å². The Morgan fingerprint density at radius 1 is 0.862 bits per heavy atom. The van der Waals surface area contributed by atoms with Gasteiger partial charge in [0.15, 0.2) is 5.76 Å². The first-order valence-corrected chi connectivity index (χ1v) is 10.3. The van der Waals surface area contributed by atoms with Crippen LogP contribution in [-0.2, 0) is 4.79 Å². The van der Waals surface area contributed by atoms with Crippen LogP contribution in [0.3, 0.4) is 0 Å². The maximum atomic E-state index is 12.5. The minimum atomic E-state index is -0.299. The second-order valence-corrected chi connectivity index (χ2v) is 8.40. The van der Waals surface area contributed by atoms with Gasteiger partial charge in [0.2, 0.25) is 5.91 Å². The number of anilines is 2. The molecule has 0 saturated carbocycles. The molecular weight excluding hydrogens is 384 g/mol. The molecule has 5 nitrogen and oxygen atoms in total. The average Bonchev–Trinajstić information content (AvgIpc) is 3.25. The summed E-state index contributed by atoms with van der Waals surface area (Å²) in [6.45, 7) is 6.15. The Bertz CT molecular complexity index is 949. The van der Waals surface area contributed by atoms with E-state index in [1.807, 2.05) is 43.3 Å². The Morgan fingerprint density at radius 3 is 2.07 bits per heavy atom. The number of benzene rings is 2. The zero-order valence-corrected chi connectivity index (χ0v) is 17.5. The van der Waals surface area contributed by atoms with Crippen molar-refractivity contribution in [3.8, 4) is 0 Å². The van der Waals surface area contributed by atoms with Crippen molar-refractivity contribution in [1.82, 2.24) is 0 Å². The minimum absolute atomic E-state index is 0.0532. The molecule has 0 spiro atoms. The summed E-state index contributed by atoms with van der Waals surface area (Å²) in [6, 6.07) is 18.6. The number of carbonyl (C=O) groups is 2. The molecule has 2 amide bonds. The number of amides is 2. The van der Waals surface area contributed by atoms with Crippen LogP contribution in [0.4, 0.5) is 11.4 Å². The molecule has 3 aromatic rings. The third-order valence-corrected chi connectivity index (χ3v) is 5.50. The highest BCUT2D eigenvalue weighted by molar-refractivity contribution is 8.00. The Hall–Kier alpha value is -2.99. The number of thioether (sulfide) groups is 1. The van der Waals surface area contributed by atoms with E-state index in [1.54, 1.807) is 24.3 Å². The van der Waals surface area contributed by atoms with Crippen LogP contribution in [0, 0.1) is 0 Å². The third kappa shape index (κ3) is 5.74. The lowest BCUT2D eigenvalue weighted by Crippen LogP contribution is -2.22. The van der Waals surface area contributed by atoms with Crippen molar-refractivity contribution in [1.29, 1.82) is 0 Å². The number of rotatable bonds is 7. The van der Waals surface area contributed by atoms with Crippen LogP contribution in [0.1, 0.15) is 42.8 Å². The van der Waals surface area contributed by atoms with Gasteiger partial charge in [-0.3, -0.25) is 9.59 Å². The van der Waals surface area contributed by atoms with Gasteiger partial charge in [-0.2, -0.15) is 0 Å². The van der Waals surface area contributed by atoms with Gasteiger partial charge in [-0.05, 0) is 66.9 Å². The van der Waals surface area contributed by atoms with Gasteiger partial charge >= 0.3 is 0 Å². The van der Waals surface area contributed by atoms with Gasteiger partial charge in [0, 0.05) is 16.3 Å². The predicted octanol–water partition coefficient (Wildman–Crippen LogP) is 5.77. The van der Waals surface area contributed by atoms with Crippen LogP contribution < -0.4 is 10.6 Å². The van der Waals surface area contributed by atoms with Crippen molar-refractivity contribution in [2.24, 2.45) is 0 Å². The van der Waals surface area contributed by atoms with E-state index in [1.165, 1.54) is 23.6 Å². The number of carbonyl (C=O) groups excluding carboxylic acids is 2. The maximum absolute atomic E-state index is 12.5. The SMILES string of the molecule is CC(Sc1ccc(NC(=O)c2ccco2)cc1)C(=O)Nc1ccc(C(C)C)cc1. The van der Waals surface area contributed by atoms with E-state index in [4.69, 9.17) is 4.42 Å². The largest absolute Gasteiger partial charge is 0.459 e. The Labute approximate surface area is 174 Å². The summed E-state index contributed by atoms with van der Waals surface area (Å²) < 4.78 is 5.08. The molecule has 6 heteroatoms. The smallest absolute Gasteiger partial charge is 0.291 e. The summed E-state index contributed by atoms with van der Waals surface area (Å²) in [4.78, 5) is 25.4. The Kier molecular flexibility index (Phi) is 6.77. The van der Waals surface area contributed by atoms with Gasteiger partial charge in [0.25, 0.3) is 5.91 Å². The molecule has 0 aliphatic rings. The van der Waals surface area contributed by atoms with Crippen LogP contribution in [-0.4, -0.2) is 17.1 Å². The maximum Gasteiger partial charge on any atom is 0.291 e. The highest BCUT2D eigenvalue weighted by Gasteiger charge is 2.15. The van der Waals surface area contributed by atoms with Gasteiger partial charge in [-0.25, -0.2) is 0 Å². The monoisotopic (exact) mass is 408 g/mol. The lowest BCUT2D eigenvalue weighted by molar-refractivity contribution is -0.115. The van der Waals surface area contributed by atoms with E-state index in [2.05, 4.69) is 24.5 Å². The van der Waals surface area contributed by atoms with Crippen LogP contribution in [0.2, 0.25) is 0 Å². The van der Waals surface area contributed by atoms with E-state index in [-0.39, 0.29) is 22.8 Å². The summed E-state index contributed by atoms with van der Waals surface area (Å²) in [5.74, 6) is 0.366. The van der Waals surface area contributed by atoms with Gasteiger partial charge in [-0.15, -0.1) is 11.8 Å². The molecule has 0 radical (unpaired) electrons. The molecule has 0 fully saturated rings. The van der Waals surface area contributed by atoms with E-state index < -0.39 is 0 Å². The van der Waals surface area contributed by atoms with Crippen molar-refractivity contribution >= 4 is 35.0 Å². The molecule has 2 N–H and O–H groups in total. The zero-order chi connectivity index (χ0) is 20.8. The first-order chi connectivity index (χ1) is 13.9. The first-order valence-electron chi connectivity index (χ1n) is 9.45. The summed E-state index contributed by atoms with van der Waals surface area (Å²) >= 11 is 1.46. The molecular formula is C23H24N2O3S. The average molecular weight is 409 g/mol. The molecule has 0 aliphatic heterocycles. The van der Waals surface area contributed by atoms with Crippen molar-refractivity contribution in [3.05, 3.63) is 78.3 Å². The fraction of sp³-hybridized carbons (Fsp3) is 0.217. The minimum Gasteiger partial charge on any atom is -0.459 e. The molecule has 150 valence electrons. The fourth-order valence-corrected chi connectivity index (χ4v) is 3.54. The molecule has 1 unspecified atom stereocenters. The first kappa shape index (κ1) is 20.7. The van der Waals surface area contributed by atoms with Crippen LogP contribution in [0.25, 0.3) is 0 Å². The standard InChI is InChI=1S/C23H24N2O3S/c1-15(2)17-6-8-18(9-7-17)24-22(26)16(3)29-20-12-10-19(11-13-20)25-23(27)21-5-4-14-28-21/h4-16H,1-3H3,(H,24,26)(H,25,27). The lowest BCUT2D eigenvalue weighted by atomic mass is 10.0. The Balaban J connectivity index is 1.53. The van der Waals surface area contributed by atoms with E-state index >= 15 is 0 Å². The molecule has 0 saturated heterocycles. The van der Waals surface area contributed by atoms with Crippen LogP contribution >= 0.6 is 11.8 Å². The molecule has 0 aliphatic carbocycles. The summed E-state index contributed by atoms with van der Waals surface area (Å²) in [6.07, 6.45) is 1.46. The van der Waals surface area contributed by atoms with Crippen LogP contribution in [0.15, 0.2) is 76.2 Å². The summed E-state index contributed by atoms with van der Waals surface area (Å²) in [7, 11) is 0. The molecule has 3 rings (SSSR count). The number of hydrogen-bond acceptors (Lipinski definition) is 4. The normalized spacial score (nSPS) is 11.9. The highest BCUT2D eigenvalue weighted by atomic mass is 32.2. The predicted molar refractivity (Wildman–Crippen MR) is 118 cm³/mol. The van der Waals surface area contributed by atoms with Gasteiger partial charge in [0.05, 0.1) is 11.5 Å². The molecule has 1 aromatic heterocycles. The van der Waals surface area contributed by atoms with E-state index in [0.29, 0.717) is 11.6 Å². The van der Waals surface area contributed by atoms with Crippen molar-refractivity contribution in [2.45, 2.75) is 36.8 Å². The fourth-order valence-electron chi connectivity index (χ4n) is 2.67. The van der Waals surface area contributed by atoms with Crippen molar-refractivity contribution in [3.63, 3.8) is 0 Å². The van der Waals surface area contributed by atoms with Crippen molar-refractivity contribution in [2.75, 3.05) is 10.6 Å². The second-order valence-electron chi connectivity index (χ2n) is 6.98. The molecule has 1 heterocycles. The van der Waals surface area contributed by atoms with Gasteiger partial charge < -0.3 is 15.1 Å². The van der Waals surface area contributed by atoms with Crippen molar-refractivity contribution < 1.29 is 14.0 Å². The Morgan fingerprint density at radius 2 is 1.48 bits per heavy atom. The number of nitrogens with one attached hydrogen (secondary N) is 2. The quantitative estimate of drug-likeness (QED) is 0.487. The number of hydrogen-bond donors (Lipinski definition) is 2. The topological polar surface area (TPSA) is 71.3 Å². The zero-order valence-electron chi connectivity index (χ0n) is 16.6. The van der Waals surface area contributed by atoms with E-state index in [9.17, 15) is 9.59 Å². The lowest BCUT2D eigenvalue weighted by Gasteiger charge is -2.13. The van der Waals surface area contributed by atoms with Gasteiger partial charge in [-0.1, -0.05) is 26.0 Å². The molecule has 0 bridgehead atoms. The molecule has 2 aromatic carbocycles. The molecule has 29 heavy (non-hydrogen) atoms. The molecule has 1 atom stereocenters. The summed E-state index contributed by atoms with van der Waals surface area (Å²) in [5, 5.41) is 5.46. The summed E-state index contributed by atoms with van der Waals surface area (Å²) in [5.41, 5.74) is 2.70. The highest BCUT2D eigenvalue weighted by Crippen LogP contribution is 2.26. The third-order valence-electron chi connectivity index (χ3n) is 4.38. The van der Waals surface area contributed by atoms with Crippen LogP contribution in [0.5, 0.6) is 0 Å². The number of furan rings is 1. The van der Waals surface area contributed by atoms with Gasteiger partial charge in [0.1, 0.15) is 0 Å².